The number of rotatable bonds is 2. The smallest absolute Gasteiger partial charge is 0.224 e. The predicted molar refractivity (Wildman–Crippen MR) is 110 cm³/mol. The zero-order valence-electron chi connectivity index (χ0n) is 16.9. The number of carbonyl (C=O) groups excluding carboxylic acids is 1. The molecule has 0 atom stereocenters. The molecule has 1 aromatic heterocycles. The minimum absolute atomic E-state index is 0.195. The topological polar surface area (TPSA) is 51.7 Å². The number of pyridine rings is 1. The molecule has 0 saturated carbocycles. The van der Waals surface area contributed by atoms with Crippen LogP contribution in [0.2, 0.25) is 0 Å². The van der Waals surface area contributed by atoms with Crippen LogP contribution >= 0.6 is 0 Å². The molecule has 0 aliphatic carbocycles. The van der Waals surface area contributed by atoms with Crippen molar-refractivity contribution in [2.75, 3.05) is 13.2 Å². The maximum absolute atomic E-state index is 12.8. The molecule has 2 heterocycles. The zero-order chi connectivity index (χ0) is 19.8. The third kappa shape index (κ3) is 5.72. The molecule has 0 spiro atoms. The number of ether oxygens (including phenoxy) is 2. The van der Waals surface area contributed by atoms with Gasteiger partial charge in [-0.3, -0.25) is 4.79 Å². The van der Waals surface area contributed by atoms with Crippen LogP contribution in [0.25, 0.3) is 0 Å². The van der Waals surface area contributed by atoms with E-state index < -0.39 is 0 Å². The molecule has 1 amide bonds. The first-order valence-corrected chi connectivity index (χ1v) is 10.2. The highest BCUT2D eigenvalue weighted by Crippen LogP contribution is 2.32. The van der Waals surface area contributed by atoms with E-state index in [0.29, 0.717) is 37.1 Å². The van der Waals surface area contributed by atoms with Crippen LogP contribution in [0, 0.1) is 5.92 Å². The molecule has 2 aromatic rings. The highest BCUT2D eigenvalue weighted by atomic mass is 16.5. The van der Waals surface area contributed by atoms with E-state index in [2.05, 4.69) is 18.8 Å². The van der Waals surface area contributed by atoms with Gasteiger partial charge in [0.25, 0.3) is 0 Å². The van der Waals surface area contributed by atoms with Crippen molar-refractivity contribution in [3.8, 4) is 17.4 Å². The number of amides is 1. The molecule has 5 heteroatoms. The summed E-state index contributed by atoms with van der Waals surface area (Å²) in [7, 11) is 0. The maximum atomic E-state index is 12.8. The first-order chi connectivity index (χ1) is 13.6. The molecule has 1 aliphatic rings. The van der Waals surface area contributed by atoms with Crippen LogP contribution < -0.4 is 9.47 Å². The average molecular weight is 383 g/mol. The van der Waals surface area contributed by atoms with Crippen molar-refractivity contribution in [3.63, 3.8) is 0 Å². The third-order valence-electron chi connectivity index (χ3n) is 4.78. The lowest BCUT2D eigenvalue weighted by Gasteiger charge is -2.25. The minimum atomic E-state index is 0.195. The van der Waals surface area contributed by atoms with Crippen LogP contribution in [0.5, 0.6) is 17.4 Å². The van der Waals surface area contributed by atoms with E-state index in [0.717, 1.165) is 43.5 Å². The normalized spacial score (nSPS) is 15.6. The van der Waals surface area contributed by atoms with Crippen molar-refractivity contribution in [1.82, 2.24) is 9.88 Å². The van der Waals surface area contributed by atoms with Gasteiger partial charge in [-0.25, -0.2) is 4.98 Å². The van der Waals surface area contributed by atoms with E-state index in [1.165, 1.54) is 0 Å². The van der Waals surface area contributed by atoms with Gasteiger partial charge in [0.05, 0.1) is 13.2 Å². The van der Waals surface area contributed by atoms with Crippen LogP contribution in [0.3, 0.4) is 0 Å². The lowest BCUT2D eigenvalue weighted by Crippen LogP contribution is -2.32. The van der Waals surface area contributed by atoms with Crippen molar-refractivity contribution in [2.24, 2.45) is 5.92 Å². The van der Waals surface area contributed by atoms with Gasteiger partial charge in [0.2, 0.25) is 11.8 Å². The molecule has 0 bridgehead atoms. The number of carbonyl (C=O) groups is 1. The van der Waals surface area contributed by atoms with E-state index >= 15 is 0 Å². The van der Waals surface area contributed by atoms with Gasteiger partial charge < -0.3 is 14.4 Å². The number of hydrogen-bond acceptors (Lipinski definition) is 4. The standard InChI is InChI=1S/C23H30N2O3/c1-18(2)16-22(26)25-14-7-3-4-8-15-27-20-11-5-6-12-21(20)28-23-19(17-25)10-9-13-24-23/h5-6,9-13,18H,3-4,7-8,14-17H2,1-2H3. The number of aromatic nitrogens is 1. The zero-order valence-corrected chi connectivity index (χ0v) is 16.9. The van der Waals surface area contributed by atoms with Gasteiger partial charge in [-0.2, -0.15) is 0 Å². The van der Waals surface area contributed by atoms with E-state index in [-0.39, 0.29) is 5.91 Å². The molecule has 150 valence electrons. The second-order valence-electron chi connectivity index (χ2n) is 7.69. The molecule has 0 saturated heterocycles. The highest BCUT2D eigenvalue weighted by molar-refractivity contribution is 5.76. The van der Waals surface area contributed by atoms with Gasteiger partial charge in [0.15, 0.2) is 11.5 Å². The van der Waals surface area contributed by atoms with Crippen molar-refractivity contribution < 1.29 is 14.3 Å². The van der Waals surface area contributed by atoms with E-state index in [9.17, 15) is 4.79 Å². The molecule has 5 nitrogen and oxygen atoms in total. The number of hydrogen-bond donors (Lipinski definition) is 0. The lowest BCUT2D eigenvalue weighted by molar-refractivity contribution is -0.132. The lowest BCUT2D eigenvalue weighted by atomic mass is 10.1. The Bertz CT molecular complexity index is 776. The summed E-state index contributed by atoms with van der Waals surface area (Å²) >= 11 is 0. The number of benzene rings is 1. The Labute approximate surface area is 167 Å². The van der Waals surface area contributed by atoms with Crippen molar-refractivity contribution in [2.45, 2.75) is 52.5 Å². The van der Waals surface area contributed by atoms with Crippen molar-refractivity contribution in [1.29, 1.82) is 0 Å². The van der Waals surface area contributed by atoms with Crippen LogP contribution in [0.1, 0.15) is 51.5 Å². The summed E-state index contributed by atoms with van der Waals surface area (Å²) in [4.78, 5) is 19.2. The summed E-state index contributed by atoms with van der Waals surface area (Å²) in [6.45, 7) is 6.09. The average Bonchev–Trinajstić information content (AvgIpc) is 2.67. The summed E-state index contributed by atoms with van der Waals surface area (Å²) < 4.78 is 12.1. The Morgan fingerprint density at radius 2 is 1.86 bits per heavy atom. The first-order valence-electron chi connectivity index (χ1n) is 10.2. The molecule has 0 fully saturated rings. The van der Waals surface area contributed by atoms with E-state index in [1.54, 1.807) is 6.20 Å². The fourth-order valence-electron chi connectivity index (χ4n) is 3.31. The van der Waals surface area contributed by atoms with Crippen LogP contribution in [-0.2, 0) is 11.3 Å². The fraction of sp³-hybridized carbons (Fsp3) is 0.478. The Morgan fingerprint density at radius 3 is 2.68 bits per heavy atom. The Morgan fingerprint density at radius 1 is 1.07 bits per heavy atom. The third-order valence-corrected chi connectivity index (χ3v) is 4.78. The molecular formula is C23H30N2O3. The first kappa shape index (κ1) is 20.2. The molecule has 1 aliphatic heterocycles. The van der Waals surface area contributed by atoms with Gasteiger partial charge in [-0.15, -0.1) is 0 Å². The van der Waals surface area contributed by atoms with E-state index in [4.69, 9.17) is 9.47 Å². The second kappa shape index (κ2) is 10.1. The summed E-state index contributed by atoms with van der Waals surface area (Å²) in [6, 6.07) is 11.5. The van der Waals surface area contributed by atoms with Gasteiger partial charge in [0, 0.05) is 24.7 Å². The molecule has 3 rings (SSSR count). The van der Waals surface area contributed by atoms with Gasteiger partial charge in [0.1, 0.15) is 0 Å². The van der Waals surface area contributed by atoms with Gasteiger partial charge >= 0.3 is 0 Å². The van der Waals surface area contributed by atoms with Crippen molar-refractivity contribution >= 4 is 5.91 Å². The predicted octanol–water partition coefficient (Wildman–Crippen LogP) is 5.20. The Hall–Kier alpha value is -2.56. The largest absolute Gasteiger partial charge is 0.490 e. The summed E-state index contributed by atoms with van der Waals surface area (Å²) in [6.07, 6.45) is 6.44. The molecular weight excluding hydrogens is 352 g/mol. The molecule has 1 aromatic carbocycles. The Balaban J connectivity index is 1.89. The number of nitrogens with zero attached hydrogens (tertiary/aromatic N) is 2. The molecule has 28 heavy (non-hydrogen) atoms. The van der Waals surface area contributed by atoms with Crippen molar-refractivity contribution in [3.05, 3.63) is 48.2 Å². The van der Waals surface area contributed by atoms with Crippen LogP contribution in [0.4, 0.5) is 0 Å². The SMILES string of the molecule is CC(C)CC(=O)N1CCCCCCOc2ccccc2Oc2ncccc2C1. The minimum Gasteiger partial charge on any atom is -0.490 e. The summed E-state index contributed by atoms with van der Waals surface area (Å²) in [5, 5.41) is 0. The Kier molecular flexibility index (Phi) is 7.29. The second-order valence-corrected chi connectivity index (χ2v) is 7.69. The molecule has 0 radical (unpaired) electrons. The van der Waals surface area contributed by atoms with Gasteiger partial charge in [-0.05, 0) is 37.0 Å². The quantitative estimate of drug-likeness (QED) is 0.716. The van der Waals surface area contributed by atoms with E-state index in [1.807, 2.05) is 41.3 Å². The van der Waals surface area contributed by atoms with Crippen LogP contribution in [-0.4, -0.2) is 28.9 Å². The molecule has 0 N–H and O–H groups in total. The highest BCUT2D eigenvalue weighted by Gasteiger charge is 2.19. The summed E-state index contributed by atoms with van der Waals surface area (Å²) in [5.41, 5.74) is 0.909. The van der Waals surface area contributed by atoms with Gasteiger partial charge in [-0.1, -0.05) is 44.9 Å². The molecule has 0 unspecified atom stereocenters. The fourth-order valence-corrected chi connectivity index (χ4v) is 3.31. The number of fused-ring (bicyclic) bond motifs is 2. The maximum Gasteiger partial charge on any atom is 0.224 e. The summed E-state index contributed by atoms with van der Waals surface area (Å²) in [5.74, 6) is 2.44. The van der Waals surface area contributed by atoms with Crippen LogP contribution in [0.15, 0.2) is 42.6 Å². The number of para-hydroxylation sites is 2. The monoisotopic (exact) mass is 382 g/mol.